The minimum atomic E-state index is 0.0303. The van der Waals surface area contributed by atoms with Gasteiger partial charge in [-0.2, -0.15) is 4.98 Å². The second kappa shape index (κ2) is 5.69. The molecule has 0 amide bonds. The van der Waals surface area contributed by atoms with Gasteiger partial charge in [-0.05, 0) is 37.5 Å². The zero-order valence-electron chi connectivity index (χ0n) is 12.3. The van der Waals surface area contributed by atoms with Crippen molar-refractivity contribution >= 4 is 5.82 Å². The number of aromatic nitrogens is 2. The topological polar surface area (TPSA) is 67.3 Å². The normalized spacial score (nSPS) is 14.0. The molecule has 5 nitrogen and oxygen atoms in total. The number of ether oxygens (including phenoxy) is 1. The summed E-state index contributed by atoms with van der Waals surface area (Å²) >= 11 is 0. The molecule has 1 fully saturated rings. The zero-order chi connectivity index (χ0) is 14.8. The molecule has 0 radical (unpaired) electrons. The van der Waals surface area contributed by atoms with Crippen LogP contribution in [0.15, 0.2) is 24.3 Å². The maximum atomic E-state index is 9.07. The van der Waals surface area contributed by atoms with E-state index in [9.17, 15) is 0 Å². The summed E-state index contributed by atoms with van der Waals surface area (Å²) in [7, 11) is 1.85. The average molecular weight is 285 g/mol. The van der Waals surface area contributed by atoms with E-state index < -0.39 is 0 Å². The monoisotopic (exact) mass is 285 g/mol. The van der Waals surface area contributed by atoms with Gasteiger partial charge in [-0.1, -0.05) is 12.1 Å². The summed E-state index contributed by atoms with van der Waals surface area (Å²) in [6.07, 6.45) is 2.30. The lowest BCUT2D eigenvalue weighted by Gasteiger charge is -2.13. The summed E-state index contributed by atoms with van der Waals surface area (Å²) in [5.74, 6) is 3.43. The van der Waals surface area contributed by atoms with Gasteiger partial charge in [0.1, 0.15) is 17.4 Å². The minimum Gasteiger partial charge on any atom is -0.439 e. The van der Waals surface area contributed by atoms with E-state index in [0.29, 0.717) is 17.5 Å². The van der Waals surface area contributed by atoms with Crippen LogP contribution in [0, 0.1) is 6.92 Å². The van der Waals surface area contributed by atoms with E-state index in [0.717, 1.165) is 35.6 Å². The molecule has 1 aromatic carbocycles. The van der Waals surface area contributed by atoms with Crippen LogP contribution in [0.25, 0.3) is 0 Å². The number of aliphatic hydroxyl groups excluding tert-OH is 1. The van der Waals surface area contributed by atoms with Gasteiger partial charge in [-0.25, -0.2) is 4.98 Å². The third-order valence-electron chi connectivity index (χ3n) is 3.62. The van der Waals surface area contributed by atoms with Crippen molar-refractivity contribution in [2.45, 2.75) is 32.3 Å². The van der Waals surface area contributed by atoms with Gasteiger partial charge in [0.15, 0.2) is 0 Å². The van der Waals surface area contributed by atoms with Crippen LogP contribution in [-0.2, 0) is 6.61 Å². The predicted molar refractivity (Wildman–Crippen MR) is 80.7 cm³/mol. The van der Waals surface area contributed by atoms with Crippen molar-refractivity contribution in [3.05, 3.63) is 41.2 Å². The number of hydrogen-bond donors (Lipinski definition) is 2. The van der Waals surface area contributed by atoms with Crippen molar-refractivity contribution in [1.82, 2.24) is 9.97 Å². The van der Waals surface area contributed by atoms with Gasteiger partial charge in [0, 0.05) is 13.0 Å². The summed E-state index contributed by atoms with van der Waals surface area (Å²) in [5.41, 5.74) is 1.75. The molecule has 1 aromatic heterocycles. The van der Waals surface area contributed by atoms with Gasteiger partial charge in [-0.15, -0.1) is 0 Å². The number of aliphatic hydroxyl groups is 1. The first-order valence-corrected chi connectivity index (χ1v) is 7.15. The van der Waals surface area contributed by atoms with Crippen molar-refractivity contribution in [3.8, 4) is 11.6 Å². The van der Waals surface area contributed by atoms with E-state index >= 15 is 0 Å². The van der Waals surface area contributed by atoms with Crippen LogP contribution in [0.2, 0.25) is 0 Å². The predicted octanol–water partition coefficient (Wildman–Crippen LogP) is 2.99. The smallest absolute Gasteiger partial charge is 0.227 e. The molecule has 0 unspecified atom stereocenters. The lowest BCUT2D eigenvalue weighted by atomic mass is 10.2. The van der Waals surface area contributed by atoms with E-state index in [-0.39, 0.29) is 6.61 Å². The molecule has 5 heteroatoms. The van der Waals surface area contributed by atoms with Crippen molar-refractivity contribution in [2.75, 3.05) is 12.4 Å². The number of benzene rings is 1. The van der Waals surface area contributed by atoms with Crippen LogP contribution in [0.3, 0.4) is 0 Å². The van der Waals surface area contributed by atoms with Gasteiger partial charge in [0.05, 0.1) is 12.2 Å². The second-order valence-corrected chi connectivity index (χ2v) is 5.29. The molecule has 1 aliphatic rings. The highest BCUT2D eigenvalue weighted by molar-refractivity contribution is 5.49. The summed E-state index contributed by atoms with van der Waals surface area (Å²) in [4.78, 5) is 9.11. The molecule has 1 heterocycles. The maximum Gasteiger partial charge on any atom is 0.227 e. The molecular formula is C16H19N3O2. The molecule has 0 aliphatic heterocycles. The van der Waals surface area contributed by atoms with Crippen LogP contribution in [0.4, 0.5) is 5.82 Å². The largest absolute Gasteiger partial charge is 0.439 e. The molecule has 2 N–H and O–H groups in total. The van der Waals surface area contributed by atoms with E-state index in [1.165, 1.54) is 0 Å². The molecule has 0 bridgehead atoms. The molecule has 110 valence electrons. The Kier molecular flexibility index (Phi) is 3.75. The fourth-order valence-corrected chi connectivity index (χ4v) is 2.15. The van der Waals surface area contributed by atoms with E-state index in [1.807, 2.05) is 38.2 Å². The number of nitrogens with one attached hydrogen (secondary N) is 1. The quantitative estimate of drug-likeness (QED) is 0.884. The third-order valence-corrected chi connectivity index (χ3v) is 3.62. The lowest BCUT2D eigenvalue weighted by Crippen LogP contribution is -2.04. The molecule has 1 saturated carbocycles. The Bertz CT molecular complexity index is 637. The highest BCUT2D eigenvalue weighted by Crippen LogP contribution is 2.40. The Morgan fingerprint density at radius 2 is 1.95 bits per heavy atom. The SMILES string of the molecule is CNc1nc(C2CC2)nc(Oc2ccc(CO)cc2)c1C. The van der Waals surface area contributed by atoms with Gasteiger partial charge in [-0.3, -0.25) is 0 Å². The number of hydrogen-bond acceptors (Lipinski definition) is 5. The molecule has 0 spiro atoms. The van der Waals surface area contributed by atoms with E-state index in [4.69, 9.17) is 9.84 Å². The van der Waals surface area contributed by atoms with Crippen LogP contribution < -0.4 is 10.1 Å². The standard InChI is InChI=1S/C16H19N3O2/c1-10-14(17-2)18-15(12-5-6-12)19-16(10)21-13-7-3-11(9-20)4-8-13/h3-4,7-8,12,20H,5-6,9H2,1-2H3,(H,17,18,19). The Balaban J connectivity index is 1.90. The number of anilines is 1. The first kappa shape index (κ1) is 13.8. The Hall–Kier alpha value is -2.14. The van der Waals surface area contributed by atoms with E-state index in [2.05, 4.69) is 15.3 Å². The van der Waals surface area contributed by atoms with Crippen LogP contribution in [0.1, 0.15) is 35.7 Å². The highest BCUT2D eigenvalue weighted by atomic mass is 16.5. The molecule has 3 rings (SSSR count). The lowest BCUT2D eigenvalue weighted by molar-refractivity contribution is 0.281. The van der Waals surface area contributed by atoms with Crippen LogP contribution in [-0.4, -0.2) is 22.1 Å². The zero-order valence-corrected chi connectivity index (χ0v) is 12.3. The van der Waals surface area contributed by atoms with Crippen LogP contribution >= 0.6 is 0 Å². The summed E-state index contributed by atoms with van der Waals surface area (Å²) < 4.78 is 5.90. The van der Waals surface area contributed by atoms with Gasteiger partial charge in [0.25, 0.3) is 0 Å². The van der Waals surface area contributed by atoms with Crippen molar-refractivity contribution in [1.29, 1.82) is 0 Å². The average Bonchev–Trinajstić information content (AvgIpc) is 3.35. The Labute approximate surface area is 124 Å². The molecule has 0 saturated heterocycles. The van der Waals surface area contributed by atoms with Gasteiger partial charge in [0.2, 0.25) is 5.88 Å². The van der Waals surface area contributed by atoms with Gasteiger partial charge >= 0.3 is 0 Å². The molecular weight excluding hydrogens is 266 g/mol. The van der Waals surface area contributed by atoms with Crippen molar-refractivity contribution < 1.29 is 9.84 Å². The fraction of sp³-hybridized carbons (Fsp3) is 0.375. The number of rotatable bonds is 5. The molecule has 0 atom stereocenters. The van der Waals surface area contributed by atoms with E-state index in [1.54, 1.807) is 0 Å². The van der Waals surface area contributed by atoms with Crippen molar-refractivity contribution in [3.63, 3.8) is 0 Å². The number of nitrogens with zero attached hydrogens (tertiary/aromatic N) is 2. The molecule has 21 heavy (non-hydrogen) atoms. The first-order chi connectivity index (χ1) is 10.2. The fourth-order valence-electron chi connectivity index (χ4n) is 2.15. The Morgan fingerprint density at radius 3 is 2.52 bits per heavy atom. The highest BCUT2D eigenvalue weighted by Gasteiger charge is 2.28. The molecule has 1 aliphatic carbocycles. The Morgan fingerprint density at radius 1 is 1.24 bits per heavy atom. The maximum absolute atomic E-state index is 9.07. The van der Waals surface area contributed by atoms with Crippen molar-refractivity contribution in [2.24, 2.45) is 0 Å². The molecule has 2 aromatic rings. The van der Waals surface area contributed by atoms with Gasteiger partial charge < -0.3 is 15.2 Å². The first-order valence-electron chi connectivity index (χ1n) is 7.15. The second-order valence-electron chi connectivity index (χ2n) is 5.29. The summed E-state index contributed by atoms with van der Waals surface area (Å²) in [5, 5.41) is 12.2. The van der Waals surface area contributed by atoms with Crippen LogP contribution in [0.5, 0.6) is 11.6 Å². The summed E-state index contributed by atoms with van der Waals surface area (Å²) in [6, 6.07) is 7.35. The summed E-state index contributed by atoms with van der Waals surface area (Å²) in [6.45, 7) is 1.97. The third kappa shape index (κ3) is 2.97. The minimum absolute atomic E-state index is 0.0303.